The van der Waals surface area contributed by atoms with Gasteiger partial charge in [0.2, 0.25) is 0 Å². The zero-order valence-electron chi connectivity index (χ0n) is 10.1. The van der Waals surface area contributed by atoms with Gasteiger partial charge in [-0.25, -0.2) is 0 Å². The van der Waals surface area contributed by atoms with Crippen molar-refractivity contribution >= 4 is 11.4 Å². The molecule has 18 heavy (non-hydrogen) atoms. The Labute approximate surface area is 106 Å². The lowest BCUT2D eigenvalue weighted by atomic mass is 10.2. The van der Waals surface area contributed by atoms with Crippen molar-refractivity contribution in [1.82, 2.24) is 0 Å². The summed E-state index contributed by atoms with van der Waals surface area (Å²) in [7, 11) is 0. The highest BCUT2D eigenvalue weighted by Gasteiger charge is 2.23. The van der Waals surface area contributed by atoms with Crippen molar-refractivity contribution in [3.8, 4) is 0 Å². The van der Waals surface area contributed by atoms with Gasteiger partial charge in [0, 0.05) is 30.9 Å². The van der Waals surface area contributed by atoms with E-state index in [1.807, 2.05) is 0 Å². The third-order valence-electron chi connectivity index (χ3n) is 3.02. The second-order valence-corrected chi connectivity index (χ2v) is 4.25. The molecule has 5 nitrogen and oxygen atoms in total. The highest BCUT2D eigenvalue weighted by Crippen LogP contribution is 2.24. The Balaban J connectivity index is 1.96. The standard InChI is InChI=1S/C13H16N2O3/c1-2-9-18-13-7-8-14(10-13)11-3-5-12(6-4-11)15(16)17/h2-6,13H,1,7-10H2. The van der Waals surface area contributed by atoms with Gasteiger partial charge in [0.25, 0.3) is 5.69 Å². The maximum Gasteiger partial charge on any atom is 0.269 e. The van der Waals surface area contributed by atoms with Gasteiger partial charge in [-0.3, -0.25) is 10.1 Å². The first-order valence-corrected chi connectivity index (χ1v) is 5.92. The van der Waals surface area contributed by atoms with E-state index in [1.54, 1.807) is 18.2 Å². The van der Waals surface area contributed by atoms with Gasteiger partial charge in [0.15, 0.2) is 0 Å². The quantitative estimate of drug-likeness (QED) is 0.456. The van der Waals surface area contributed by atoms with Crippen LogP contribution in [0.4, 0.5) is 11.4 Å². The number of nitro groups is 1. The predicted molar refractivity (Wildman–Crippen MR) is 69.9 cm³/mol. The Morgan fingerprint density at radius 3 is 2.83 bits per heavy atom. The third-order valence-corrected chi connectivity index (χ3v) is 3.02. The van der Waals surface area contributed by atoms with E-state index in [-0.39, 0.29) is 16.7 Å². The Bertz CT molecular complexity index is 430. The van der Waals surface area contributed by atoms with Crippen molar-refractivity contribution < 1.29 is 9.66 Å². The molecule has 96 valence electrons. The number of ether oxygens (including phenoxy) is 1. The fourth-order valence-corrected chi connectivity index (χ4v) is 2.09. The van der Waals surface area contributed by atoms with E-state index in [0.717, 1.165) is 25.2 Å². The number of hydrogen-bond acceptors (Lipinski definition) is 4. The number of nitro benzene ring substituents is 1. The molecule has 2 rings (SSSR count). The number of hydrogen-bond donors (Lipinski definition) is 0. The summed E-state index contributed by atoms with van der Waals surface area (Å²) in [6, 6.07) is 6.64. The van der Waals surface area contributed by atoms with Crippen LogP contribution < -0.4 is 4.90 Å². The van der Waals surface area contributed by atoms with Gasteiger partial charge < -0.3 is 9.64 Å². The zero-order valence-corrected chi connectivity index (χ0v) is 10.1. The van der Waals surface area contributed by atoms with Crippen molar-refractivity contribution in [2.24, 2.45) is 0 Å². The first kappa shape index (κ1) is 12.6. The fourth-order valence-electron chi connectivity index (χ4n) is 2.09. The number of non-ortho nitro benzene ring substituents is 1. The van der Waals surface area contributed by atoms with Crippen LogP contribution in [0.25, 0.3) is 0 Å². The first-order chi connectivity index (χ1) is 8.70. The molecule has 1 aliphatic rings. The van der Waals surface area contributed by atoms with E-state index in [4.69, 9.17) is 4.74 Å². The molecule has 1 fully saturated rings. The van der Waals surface area contributed by atoms with Crippen LogP contribution >= 0.6 is 0 Å². The summed E-state index contributed by atoms with van der Waals surface area (Å²) in [5, 5.41) is 10.6. The van der Waals surface area contributed by atoms with E-state index in [2.05, 4.69) is 11.5 Å². The van der Waals surface area contributed by atoms with E-state index in [1.165, 1.54) is 12.1 Å². The van der Waals surface area contributed by atoms with Crippen LogP contribution in [-0.4, -0.2) is 30.7 Å². The molecule has 0 amide bonds. The van der Waals surface area contributed by atoms with Gasteiger partial charge in [-0.05, 0) is 18.6 Å². The van der Waals surface area contributed by atoms with Gasteiger partial charge >= 0.3 is 0 Å². The molecule has 1 aliphatic heterocycles. The molecule has 0 aromatic heterocycles. The summed E-state index contributed by atoms with van der Waals surface area (Å²) in [6.07, 6.45) is 2.94. The molecule has 5 heteroatoms. The summed E-state index contributed by atoms with van der Waals surface area (Å²) in [4.78, 5) is 12.4. The van der Waals surface area contributed by atoms with E-state index >= 15 is 0 Å². The molecule has 0 radical (unpaired) electrons. The van der Waals surface area contributed by atoms with Crippen molar-refractivity contribution in [2.45, 2.75) is 12.5 Å². The van der Waals surface area contributed by atoms with E-state index < -0.39 is 0 Å². The molecule has 0 aliphatic carbocycles. The lowest BCUT2D eigenvalue weighted by Gasteiger charge is -2.18. The van der Waals surface area contributed by atoms with Gasteiger partial charge in [0.05, 0.1) is 17.6 Å². The molecule has 1 heterocycles. The van der Waals surface area contributed by atoms with Crippen molar-refractivity contribution in [3.05, 3.63) is 47.0 Å². The van der Waals surface area contributed by atoms with Crippen LogP contribution in [0.15, 0.2) is 36.9 Å². The van der Waals surface area contributed by atoms with Gasteiger partial charge in [0.1, 0.15) is 0 Å². The predicted octanol–water partition coefficient (Wildman–Crippen LogP) is 2.38. The Hall–Kier alpha value is -1.88. The summed E-state index contributed by atoms with van der Waals surface area (Å²) < 4.78 is 5.60. The third kappa shape index (κ3) is 2.87. The first-order valence-electron chi connectivity index (χ1n) is 5.92. The molecular weight excluding hydrogens is 232 g/mol. The van der Waals surface area contributed by atoms with Crippen LogP contribution in [-0.2, 0) is 4.74 Å². The molecule has 1 aromatic rings. The summed E-state index contributed by atoms with van der Waals surface area (Å²) >= 11 is 0. The van der Waals surface area contributed by atoms with Crippen LogP contribution in [0, 0.1) is 10.1 Å². The van der Waals surface area contributed by atoms with Crippen molar-refractivity contribution in [1.29, 1.82) is 0 Å². The number of anilines is 1. The molecule has 0 spiro atoms. The summed E-state index contributed by atoms with van der Waals surface area (Å²) in [6.45, 7) is 5.93. The highest BCUT2D eigenvalue weighted by atomic mass is 16.6. The molecular formula is C13H16N2O3. The molecule has 1 unspecified atom stereocenters. The number of benzene rings is 1. The number of nitrogens with zero attached hydrogens (tertiary/aromatic N) is 2. The van der Waals surface area contributed by atoms with Crippen LogP contribution in [0.5, 0.6) is 0 Å². The normalized spacial score (nSPS) is 18.9. The summed E-state index contributed by atoms with van der Waals surface area (Å²) in [5.41, 5.74) is 1.13. The SMILES string of the molecule is C=CCOC1CCN(c2ccc([N+](=O)[O-])cc2)C1. The highest BCUT2D eigenvalue weighted by molar-refractivity contribution is 5.51. The Kier molecular flexibility index (Phi) is 3.94. The molecule has 1 aromatic carbocycles. The van der Waals surface area contributed by atoms with E-state index in [9.17, 15) is 10.1 Å². The van der Waals surface area contributed by atoms with Crippen molar-refractivity contribution in [2.75, 3.05) is 24.6 Å². The molecule has 0 bridgehead atoms. The minimum Gasteiger partial charge on any atom is -0.372 e. The lowest BCUT2D eigenvalue weighted by Crippen LogP contribution is -2.22. The van der Waals surface area contributed by atoms with E-state index in [0.29, 0.717) is 6.61 Å². The van der Waals surface area contributed by atoms with Crippen LogP contribution in [0.3, 0.4) is 0 Å². The van der Waals surface area contributed by atoms with Crippen LogP contribution in [0.1, 0.15) is 6.42 Å². The molecule has 1 atom stereocenters. The second kappa shape index (κ2) is 5.64. The lowest BCUT2D eigenvalue weighted by molar-refractivity contribution is -0.384. The molecule has 1 saturated heterocycles. The second-order valence-electron chi connectivity index (χ2n) is 4.25. The van der Waals surface area contributed by atoms with Gasteiger partial charge in [-0.2, -0.15) is 0 Å². The van der Waals surface area contributed by atoms with Crippen LogP contribution in [0.2, 0.25) is 0 Å². The topological polar surface area (TPSA) is 55.6 Å². The monoisotopic (exact) mass is 248 g/mol. The zero-order chi connectivity index (χ0) is 13.0. The molecule has 0 saturated carbocycles. The fraction of sp³-hybridized carbons (Fsp3) is 0.385. The van der Waals surface area contributed by atoms with Crippen molar-refractivity contribution in [3.63, 3.8) is 0 Å². The average molecular weight is 248 g/mol. The smallest absolute Gasteiger partial charge is 0.269 e. The minimum absolute atomic E-state index is 0.123. The maximum atomic E-state index is 10.6. The molecule has 0 N–H and O–H groups in total. The van der Waals surface area contributed by atoms with Gasteiger partial charge in [-0.1, -0.05) is 6.08 Å². The minimum atomic E-state index is -0.385. The number of rotatable bonds is 5. The van der Waals surface area contributed by atoms with Gasteiger partial charge in [-0.15, -0.1) is 6.58 Å². The Morgan fingerprint density at radius 1 is 1.50 bits per heavy atom. The largest absolute Gasteiger partial charge is 0.372 e. The average Bonchev–Trinajstić information content (AvgIpc) is 2.85. The maximum absolute atomic E-state index is 10.6. The Morgan fingerprint density at radius 2 is 2.22 bits per heavy atom. The summed E-state index contributed by atoms with van der Waals surface area (Å²) in [5.74, 6) is 0.